The van der Waals surface area contributed by atoms with E-state index in [0.29, 0.717) is 6.61 Å². The van der Waals surface area contributed by atoms with Crippen molar-refractivity contribution in [1.82, 2.24) is 9.97 Å². The molecule has 166 valence electrons. The highest BCUT2D eigenvalue weighted by molar-refractivity contribution is 8.06. The lowest BCUT2D eigenvalue weighted by atomic mass is 10.1. The number of hydrogen-bond donors (Lipinski definition) is 1. The maximum atomic E-state index is 10.1. The first-order valence-electron chi connectivity index (χ1n) is 10.1. The first-order chi connectivity index (χ1) is 14.1. The van der Waals surface area contributed by atoms with Gasteiger partial charge in [0.2, 0.25) is 0 Å². The van der Waals surface area contributed by atoms with Crippen molar-refractivity contribution in [3.05, 3.63) is 36.9 Å². The third-order valence-corrected chi connectivity index (χ3v) is 3.66. The van der Waals surface area contributed by atoms with Gasteiger partial charge < -0.3 is 5.11 Å². The molecule has 0 spiro atoms. The minimum atomic E-state index is -0.0787. The van der Waals surface area contributed by atoms with Crippen molar-refractivity contribution in [1.29, 1.82) is 0 Å². The molecule has 0 unspecified atom stereocenters. The number of ketones is 2. The van der Waals surface area contributed by atoms with Crippen molar-refractivity contribution in [2.75, 3.05) is 30.6 Å². The van der Waals surface area contributed by atoms with Crippen molar-refractivity contribution in [2.45, 2.75) is 58.3 Å². The van der Waals surface area contributed by atoms with Crippen LogP contribution in [0.25, 0.3) is 0 Å². The summed E-state index contributed by atoms with van der Waals surface area (Å²) in [7, 11) is 0. The molecule has 5 nitrogen and oxygen atoms in total. The first-order valence-corrected chi connectivity index (χ1v) is 12.9. The van der Waals surface area contributed by atoms with Crippen LogP contribution in [0.2, 0.25) is 0 Å². The predicted molar refractivity (Wildman–Crippen MR) is 128 cm³/mol. The summed E-state index contributed by atoms with van der Waals surface area (Å²) in [6.45, 7) is 2.60. The molecule has 0 bridgehead atoms. The maximum absolute atomic E-state index is 10.1. The summed E-state index contributed by atoms with van der Waals surface area (Å²) in [5.41, 5.74) is 0. The molecular weight excluding hydrogens is 404 g/mol. The van der Waals surface area contributed by atoms with E-state index >= 15 is 0 Å². The molecule has 1 aromatic heterocycles. The Bertz CT molecular complexity index is 445. The van der Waals surface area contributed by atoms with Crippen molar-refractivity contribution in [3.8, 4) is 0 Å². The lowest BCUT2D eigenvalue weighted by molar-refractivity contribution is -0.120. The molecule has 1 aromatic rings. The summed E-state index contributed by atoms with van der Waals surface area (Å²) in [5, 5.41) is 8.47. The molecule has 1 N–H and O–H groups in total. The topological polar surface area (TPSA) is 80.1 Å². The number of rotatable bonds is 7. The number of aliphatic hydroxyl groups is 1. The summed E-state index contributed by atoms with van der Waals surface area (Å²) < 4.78 is 0. The Balaban J connectivity index is 0. The second-order valence-corrected chi connectivity index (χ2v) is 8.24. The fourth-order valence-corrected chi connectivity index (χ4v) is 1.80. The van der Waals surface area contributed by atoms with Crippen LogP contribution in [0.3, 0.4) is 0 Å². The molecule has 0 radical (unpaired) electrons. The van der Waals surface area contributed by atoms with E-state index in [4.69, 9.17) is 5.11 Å². The smallest absolute Gasteiger partial charge is 0.163 e. The second-order valence-electron chi connectivity index (χ2n) is 6.20. The number of thioether (sulfide) groups is 2. The fraction of sp³-hybridized carbons (Fsp3) is 0.636. The monoisotopic (exact) mass is 442 g/mol. The van der Waals surface area contributed by atoms with Gasteiger partial charge in [0.05, 0.1) is 6.42 Å². The van der Waals surface area contributed by atoms with Gasteiger partial charge in [-0.15, -0.1) is 0 Å². The van der Waals surface area contributed by atoms with Crippen LogP contribution in [0, 0.1) is 0 Å². The van der Waals surface area contributed by atoms with Crippen LogP contribution in [0.1, 0.15) is 58.3 Å². The Morgan fingerprint density at radius 2 is 1.24 bits per heavy atom. The highest BCUT2D eigenvalue weighted by Gasteiger charge is 2.09. The van der Waals surface area contributed by atoms with E-state index in [0.717, 1.165) is 6.42 Å². The number of carbonyl (C=O) groups is 2. The zero-order chi connectivity index (χ0) is 22.0. The number of carbonyl (C=O) groups excluding carboxylic acids is 2. The first kappa shape index (κ1) is 30.0. The highest BCUT2D eigenvalue weighted by Crippen LogP contribution is 2.14. The molecule has 0 amide bonds. The summed E-state index contributed by atoms with van der Waals surface area (Å²) in [6, 6.07) is 0. The molecule has 2 heterocycles. The van der Waals surface area contributed by atoms with Crippen molar-refractivity contribution in [2.24, 2.45) is 0 Å². The summed E-state index contributed by atoms with van der Waals surface area (Å²) >= 11 is 3.75. The summed E-state index contributed by atoms with van der Waals surface area (Å²) in [5.74, 6) is 2.68. The zero-order valence-electron chi connectivity index (χ0n) is 18.2. The Morgan fingerprint density at radius 3 is 1.48 bits per heavy atom. The second kappa shape index (κ2) is 26.8. The molecule has 29 heavy (non-hydrogen) atoms. The van der Waals surface area contributed by atoms with Gasteiger partial charge in [0.1, 0.15) is 0 Å². The van der Waals surface area contributed by atoms with Crippen LogP contribution in [-0.4, -0.2) is 57.3 Å². The third-order valence-electron chi connectivity index (χ3n) is 3.25. The standard InChI is InChI=1S/C9H20O.C5H4O2.C4H4N2.C2H4S.C2H6S/c1-2-3-4-5-6-7-8-9-10;6-4-1-2-5(7)3-4;1-2-6-4-3-5-1;1-2-3-1;1-3-2/h10H,2-9H2,1H3;1-2H,3H2;1-4H;1-2H2;1-2H3. The zero-order valence-corrected chi connectivity index (χ0v) is 19.8. The van der Waals surface area contributed by atoms with Crippen LogP contribution < -0.4 is 0 Å². The van der Waals surface area contributed by atoms with Gasteiger partial charge in [-0.1, -0.05) is 45.4 Å². The molecule has 0 aromatic carbocycles. The van der Waals surface area contributed by atoms with Gasteiger partial charge in [0, 0.05) is 42.9 Å². The molecular formula is C22H38N2O3S2. The number of aromatic nitrogens is 2. The quantitative estimate of drug-likeness (QED) is 0.361. The van der Waals surface area contributed by atoms with Crippen molar-refractivity contribution in [3.63, 3.8) is 0 Å². The Morgan fingerprint density at radius 1 is 0.862 bits per heavy atom. The summed E-state index contributed by atoms with van der Waals surface area (Å²) in [4.78, 5) is 27.7. The van der Waals surface area contributed by atoms with E-state index in [1.54, 1.807) is 36.5 Å². The van der Waals surface area contributed by atoms with E-state index in [-0.39, 0.29) is 18.0 Å². The number of allylic oxidation sites excluding steroid dienone is 2. The number of aliphatic hydroxyl groups excluding tert-OH is 1. The molecule has 3 rings (SSSR count). The molecule has 1 aliphatic heterocycles. The van der Waals surface area contributed by atoms with E-state index < -0.39 is 0 Å². The van der Waals surface area contributed by atoms with E-state index in [1.807, 2.05) is 24.3 Å². The SMILES string of the molecule is C1CS1.CCCCCCCCCO.CSC.O=C1C=CC(=O)C1.c1cnccn1. The average molecular weight is 443 g/mol. The van der Waals surface area contributed by atoms with E-state index in [1.165, 1.54) is 62.2 Å². The van der Waals surface area contributed by atoms with Crippen molar-refractivity contribution >= 4 is 35.1 Å². The lowest BCUT2D eigenvalue weighted by Gasteiger charge is -1.97. The van der Waals surface area contributed by atoms with E-state index in [9.17, 15) is 9.59 Å². The minimum absolute atomic E-state index is 0.0787. The maximum Gasteiger partial charge on any atom is 0.163 e. The number of hydrogen-bond acceptors (Lipinski definition) is 7. The van der Waals surface area contributed by atoms with Crippen LogP contribution in [0.5, 0.6) is 0 Å². The molecule has 0 saturated carbocycles. The fourth-order valence-electron chi connectivity index (χ4n) is 1.80. The molecule has 1 fully saturated rings. The van der Waals surface area contributed by atoms with Crippen LogP contribution in [0.15, 0.2) is 36.9 Å². The van der Waals surface area contributed by atoms with Crippen molar-refractivity contribution < 1.29 is 14.7 Å². The largest absolute Gasteiger partial charge is 0.396 e. The average Bonchev–Trinajstić information content (AvgIpc) is 3.57. The number of nitrogens with zero attached hydrogens (tertiary/aromatic N) is 2. The Labute approximate surface area is 185 Å². The highest BCUT2D eigenvalue weighted by atomic mass is 32.2. The summed E-state index contributed by atoms with van der Waals surface area (Å²) in [6.07, 6.45) is 22.3. The van der Waals surface area contributed by atoms with Gasteiger partial charge in [-0.05, 0) is 31.1 Å². The van der Waals surface area contributed by atoms with Gasteiger partial charge in [-0.3, -0.25) is 19.6 Å². The lowest BCUT2D eigenvalue weighted by Crippen LogP contribution is -1.90. The third kappa shape index (κ3) is 34.7. The Kier molecular flexibility index (Phi) is 27.8. The van der Waals surface area contributed by atoms with Gasteiger partial charge in [0.15, 0.2) is 11.6 Å². The van der Waals surface area contributed by atoms with Crippen LogP contribution in [-0.2, 0) is 9.59 Å². The number of unbranched alkanes of at least 4 members (excludes halogenated alkanes) is 6. The van der Waals surface area contributed by atoms with Gasteiger partial charge in [0.25, 0.3) is 0 Å². The molecule has 0 atom stereocenters. The van der Waals surface area contributed by atoms with E-state index in [2.05, 4.69) is 16.9 Å². The molecule has 2 aliphatic rings. The predicted octanol–water partition coefficient (Wildman–Crippen LogP) is 5.00. The molecule has 1 aliphatic carbocycles. The minimum Gasteiger partial charge on any atom is -0.396 e. The van der Waals surface area contributed by atoms with Crippen LogP contribution >= 0.6 is 23.5 Å². The van der Waals surface area contributed by atoms with Gasteiger partial charge in [-0.2, -0.15) is 23.5 Å². The molecule has 1 saturated heterocycles. The normalized spacial score (nSPS) is 12.8. The van der Waals surface area contributed by atoms with Crippen LogP contribution in [0.4, 0.5) is 0 Å². The molecule has 7 heteroatoms. The van der Waals surface area contributed by atoms with Gasteiger partial charge >= 0.3 is 0 Å². The van der Waals surface area contributed by atoms with Gasteiger partial charge in [-0.25, -0.2) is 0 Å². The Hall–Kier alpha value is -1.18.